The van der Waals surface area contributed by atoms with Crippen LogP contribution < -0.4 is 0 Å². The second-order valence-electron chi connectivity index (χ2n) is 4.40. The molecule has 1 heterocycles. The number of carbonyl (C=O) groups is 2. The Labute approximate surface area is 109 Å². The number of carbonyl (C=O) groups excluding carboxylic acids is 1. The van der Waals surface area contributed by atoms with Crippen molar-refractivity contribution >= 4 is 11.9 Å². The fraction of sp³-hybridized carbons (Fsp3) is 0.385. The van der Waals surface area contributed by atoms with Crippen molar-refractivity contribution in [3.05, 3.63) is 35.1 Å². The lowest BCUT2D eigenvalue weighted by molar-refractivity contribution is 0.0690. The van der Waals surface area contributed by atoms with Gasteiger partial charge in [-0.3, -0.25) is 4.79 Å². The lowest BCUT2D eigenvalue weighted by atomic mass is 10.1. The Morgan fingerprint density at radius 1 is 1.47 bits per heavy atom. The first-order valence-corrected chi connectivity index (χ1v) is 5.88. The van der Waals surface area contributed by atoms with Crippen LogP contribution in [0.2, 0.25) is 0 Å². The Morgan fingerprint density at radius 3 is 2.74 bits per heavy atom. The Balaban J connectivity index is 2.18. The number of ether oxygens (including phenoxy) is 1. The van der Waals surface area contributed by atoms with E-state index in [9.17, 15) is 14.0 Å². The summed E-state index contributed by atoms with van der Waals surface area (Å²) in [5, 5.41) is 8.74. The quantitative estimate of drug-likeness (QED) is 0.898. The molecule has 0 saturated carbocycles. The van der Waals surface area contributed by atoms with Gasteiger partial charge in [-0.2, -0.15) is 0 Å². The highest BCUT2D eigenvalue weighted by atomic mass is 19.1. The molecule has 1 atom stereocenters. The molecule has 2 rings (SSSR count). The molecule has 1 amide bonds. The number of nitrogens with zero attached hydrogens (tertiary/aromatic N) is 1. The minimum atomic E-state index is -1.22. The molecule has 1 aliphatic heterocycles. The minimum absolute atomic E-state index is 0.0229. The fourth-order valence-electron chi connectivity index (χ4n) is 2.10. The number of amides is 1. The molecule has 1 N–H and O–H groups in total. The maximum atomic E-state index is 13.8. The Morgan fingerprint density at radius 2 is 2.21 bits per heavy atom. The molecule has 1 aliphatic rings. The number of hydrogen-bond donors (Lipinski definition) is 1. The van der Waals surface area contributed by atoms with Gasteiger partial charge in [-0.1, -0.05) is 0 Å². The summed E-state index contributed by atoms with van der Waals surface area (Å²) in [6, 6.07) is 3.29. The summed E-state index contributed by atoms with van der Waals surface area (Å²) in [5.41, 5.74) is -0.285. The summed E-state index contributed by atoms with van der Waals surface area (Å²) in [6.45, 7) is 0.937. The van der Waals surface area contributed by atoms with Gasteiger partial charge in [0.15, 0.2) is 0 Å². The van der Waals surface area contributed by atoms with Crippen LogP contribution in [0.15, 0.2) is 18.2 Å². The van der Waals surface area contributed by atoms with Gasteiger partial charge in [0.05, 0.1) is 17.2 Å². The van der Waals surface area contributed by atoms with Gasteiger partial charge < -0.3 is 14.7 Å². The average molecular weight is 267 g/mol. The van der Waals surface area contributed by atoms with Gasteiger partial charge >= 0.3 is 5.97 Å². The van der Waals surface area contributed by atoms with Crippen LogP contribution in [0, 0.1) is 5.82 Å². The van der Waals surface area contributed by atoms with Gasteiger partial charge in [0, 0.05) is 20.2 Å². The lowest BCUT2D eigenvalue weighted by Crippen LogP contribution is -2.30. The van der Waals surface area contributed by atoms with Crippen LogP contribution >= 0.6 is 0 Å². The van der Waals surface area contributed by atoms with Crippen LogP contribution in [-0.2, 0) is 4.74 Å². The fourth-order valence-corrected chi connectivity index (χ4v) is 2.10. The smallest absolute Gasteiger partial charge is 0.335 e. The molecule has 0 bridgehead atoms. The molecule has 1 saturated heterocycles. The zero-order valence-electron chi connectivity index (χ0n) is 10.4. The Bertz CT molecular complexity index is 517. The first-order chi connectivity index (χ1) is 9.02. The van der Waals surface area contributed by atoms with Gasteiger partial charge in [-0.05, 0) is 24.6 Å². The van der Waals surface area contributed by atoms with Crippen LogP contribution in [0.5, 0.6) is 0 Å². The van der Waals surface area contributed by atoms with Gasteiger partial charge in [-0.25, -0.2) is 9.18 Å². The van der Waals surface area contributed by atoms with Crippen LogP contribution in [0.3, 0.4) is 0 Å². The molecule has 1 fully saturated rings. The molecule has 102 valence electrons. The van der Waals surface area contributed by atoms with E-state index in [0.29, 0.717) is 13.1 Å². The largest absolute Gasteiger partial charge is 0.478 e. The zero-order valence-corrected chi connectivity index (χ0v) is 10.4. The van der Waals surface area contributed by atoms with Crippen molar-refractivity contribution in [2.24, 2.45) is 0 Å². The molecule has 0 unspecified atom stereocenters. The third-order valence-corrected chi connectivity index (χ3v) is 3.21. The number of rotatable bonds is 3. The summed E-state index contributed by atoms with van der Waals surface area (Å²) in [7, 11) is 1.57. The standard InChI is InChI=1S/C13H14FNO4/c1-19-9-4-5-15(7-9)12(16)10-3-2-8(13(17)18)6-11(10)14/h2-3,6,9H,4-5,7H2,1H3,(H,17,18)/t9-/m0/s1. The average Bonchev–Trinajstić information content (AvgIpc) is 2.86. The van der Waals surface area contributed by atoms with Gasteiger partial charge in [0.25, 0.3) is 5.91 Å². The summed E-state index contributed by atoms with van der Waals surface area (Å²) >= 11 is 0. The van der Waals surface area contributed by atoms with E-state index in [0.717, 1.165) is 12.5 Å². The molecule has 1 aromatic carbocycles. The first kappa shape index (κ1) is 13.5. The molecule has 0 radical (unpaired) electrons. The number of likely N-dealkylation sites (tertiary alicyclic amines) is 1. The monoisotopic (exact) mass is 267 g/mol. The number of benzene rings is 1. The van der Waals surface area contributed by atoms with Crippen molar-refractivity contribution in [3.8, 4) is 0 Å². The predicted molar refractivity (Wildman–Crippen MR) is 64.7 cm³/mol. The van der Waals surface area contributed by atoms with Crippen LogP contribution in [-0.4, -0.2) is 48.2 Å². The van der Waals surface area contributed by atoms with Gasteiger partial charge in [-0.15, -0.1) is 0 Å². The molecule has 0 spiro atoms. The highest BCUT2D eigenvalue weighted by Gasteiger charge is 2.28. The molecule has 6 heteroatoms. The molecule has 1 aromatic rings. The SMILES string of the molecule is CO[C@H]1CCN(C(=O)c2ccc(C(=O)O)cc2F)C1. The number of halogens is 1. The maximum absolute atomic E-state index is 13.8. The first-order valence-electron chi connectivity index (χ1n) is 5.88. The van der Waals surface area contributed by atoms with E-state index >= 15 is 0 Å². The number of hydrogen-bond acceptors (Lipinski definition) is 3. The van der Waals surface area contributed by atoms with Crippen molar-refractivity contribution in [2.75, 3.05) is 20.2 Å². The number of carboxylic acid groups (broad SMARTS) is 1. The van der Waals surface area contributed by atoms with Crippen LogP contribution in [0.4, 0.5) is 4.39 Å². The number of methoxy groups -OCH3 is 1. The zero-order chi connectivity index (χ0) is 14.0. The van der Waals surface area contributed by atoms with E-state index in [-0.39, 0.29) is 17.2 Å². The van der Waals surface area contributed by atoms with Crippen molar-refractivity contribution < 1.29 is 23.8 Å². The van der Waals surface area contributed by atoms with E-state index in [4.69, 9.17) is 9.84 Å². The highest BCUT2D eigenvalue weighted by molar-refractivity contribution is 5.96. The van der Waals surface area contributed by atoms with E-state index in [2.05, 4.69) is 0 Å². The van der Waals surface area contributed by atoms with Crippen molar-refractivity contribution in [2.45, 2.75) is 12.5 Å². The third kappa shape index (κ3) is 2.73. The number of carboxylic acids is 1. The molecular weight excluding hydrogens is 253 g/mol. The molecular formula is C13H14FNO4. The minimum Gasteiger partial charge on any atom is -0.478 e. The predicted octanol–water partition coefficient (Wildman–Crippen LogP) is 1.38. The summed E-state index contributed by atoms with van der Waals surface area (Å²) < 4.78 is 18.9. The Kier molecular flexibility index (Phi) is 3.80. The summed E-state index contributed by atoms with van der Waals surface area (Å²) in [5.74, 6) is -2.47. The topological polar surface area (TPSA) is 66.8 Å². The molecule has 5 nitrogen and oxygen atoms in total. The van der Waals surface area contributed by atoms with E-state index in [1.54, 1.807) is 7.11 Å². The third-order valence-electron chi connectivity index (χ3n) is 3.21. The maximum Gasteiger partial charge on any atom is 0.335 e. The van der Waals surface area contributed by atoms with E-state index in [1.807, 2.05) is 0 Å². The van der Waals surface area contributed by atoms with Crippen molar-refractivity contribution in [1.29, 1.82) is 0 Å². The van der Waals surface area contributed by atoms with E-state index < -0.39 is 17.7 Å². The summed E-state index contributed by atoms with van der Waals surface area (Å²) in [4.78, 5) is 24.3. The van der Waals surface area contributed by atoms with Gasteiger partial charge in [0.2, 0.25) is 0 Å². The number of aromatic carboxylic acids is 1. The second-order valence-corrected chi connectivity index (χ2v) is 4.40. The molecule has 0 aliphatic carbocycles. The van der Waals surface area contributed by atoms with Crippen LogP contribution in [0.25, 0.3) is 0 Å². The van der Waals surface area contributed by atoms with E-state index in [1.165, 1.54) is 17.0 Å². The lowest BCUT2D eigenvalue weighted by Gasteiger charge is -2.16. The van der Waals surface area contributed by atoms with Gasteiger partial charge in [0.1, 0.15) is 5.82 Å². The molecule has 19 heavy (non-hydrogen) atoms. The highest BCUT2D eigenvalue weighted by Crippen LogP contribution is 2.18. The second kappa shape index (κ2) is 5.36. The van der Waals surface area contributed by atoms with Crippen molar-refractivity contribution in [1.82, 2.24) is 4.90 Å². The Hall–Kier alpha value is -1.95. The normalized spacial score (nSPS) is 18.6. The van der Waals surface area contributed by atoms with Crippen LogP contribution in [0.1, 0.15) is 27.1 Å². The summed E-state index contributed by atoms with van der Waals surface area (Å²) in [6.07, 6.45) is 0.696. The van der Waals surface area contributed by atoms with Crippen molar-refractivity contribution in [3.63, 3.8) is 0 Å². The molecule has 0 aromatic heterocycles.